The van der Waals surface area contributed by atoms with E-state index in [2.05, 4.69) is 10.3 Å². The number of aliphatic hydroxyl groups is 1. The summed E-state index contributed by atoms with van der Waals surface area (Å²) in [6.45, 7) is 0.278. The predicted molar refractivity (Wildman–Crippen MR) is 99.6 cm³/mol. The number of hydrogen-bond donors (Lipinski definition) is 3. The highest BCUT2D eigenvalue weighted by molar-refractivity contribution is 5.75. The van der Waals surface area contributed by atoms with Crippen molar-refractivity contribution in [3.05, 3.63) is 34.7 Å². The lowest BCUT2D eigenvalue weighted by molar-refractivity contribution is -0.209. The highest BCUT2D eigenvalue weighted by Gasteiger charge is 2.53. The number of aromatic nitrogens is 2. The fraction of sp³-hybridized carbons (Fsp3) is 0.526. The zero-order valence-corrected chi connectivity index (χ0v) is 15.6. The Kier molecular flexibility index (Phi) is 4.51. The maximum absolute atomic E-state index is 12.5. The highest BCUT2D eigenvalue weighted by Crippen LogP contribution is 2.45. The number of rotatable bonds is 5. The van der Waals surface area contributed by atoms with E-state index in [4.69, 9.17) is 14.6 Å². The molecule has 0 aromatic carbocycles. The Balaban J connectivity index is 1.60. The summed E-state index contributed by atoms with van der Waals surface area (Å²) in [6.07, 6.45) is 1.83. The van der Waals surface area contributed by atoms with Crippen molar-refractivity contribution in [1.82, 2.24) is 14.9 Å². The van der Waals surface area contributed by atoms with E-state index in [9.17, 15) is 14.7 Å². The molecule has 9 nitrogen and oxygen atoms in total. The molecule has 0 spiro atoms. The lowest BCUT2D eigenvalue weighted by Gasteiger charge is -2.54. The van der Waals surface area contributed by atoms with Crippen molar-refractivity contribution in [2.45, 2.75) is 49.5 Å². The molecule has 5 rings (SSSR count). The minimum Gasteiger partial charge on any atom is -0.495 e. The molecule has 28 heavy (non-hydrogen) atoms. The molecule has 2 bridgehead atoms. The Bertz CT molecular complexity index is 947. The molecular weight excluding hydrogens is 366 g/mol. The van der Waals surface area contributed by atoms with Gasteiger partial charge >= 0.3 is 6.09 Å². The molecule has 3 N–H and O–H groups in total. The Labute approximate surface area is 160 Å². The van der Waals surface area contributed by atoms with E-state index in [0.29, 0.717) is 42.5 Å². The standard InChI is InChI=1S/C19H23N3O6/c1-27-12-8-14-13(20-9-12)2-3-16(24)22(14)10-15(23)19-6-4-18(5-7-19,11-28-19)21-17(25)26/h2-3,8-9,15,21,23H,4-7,10-11H2,1H3,(H,25,26). The molecule has 3 fully saturated rings. The summed E-state index contributed by atoms with van der Waals surface area (Å²) >= 11 is 0. The van der Waals surface area contributed by atoms with Crippen molar-refractivity contribution >= 4 is 17.1 Å². The summed E-state index contributed by atoms with van der Waals surface area (Å²) in [5, 5.41) is 22.6. The highest BCUT2D eigenvalue weighted by atomic mass is 16.5. The summed E-state index contributed by atoms with van der Waals surface area (Å²) in [5.41, 5.74) is -0.401. The second kappa shape index (κ2) is 6.75. The normalized spacial score (nSPS) is 27.5. The Morgan fingerprint density at radius 3 is 2.75 bits per heavy atom. The molecule has 1 saturated carbocycles. The second-order valence-corrected chi connectivity index (χ2v) is 7.64. The van der Waals surface area contributed by atoms with Crippen molar-refractivity contribution < 1.29 is 24.5 Å². The molecular formula is C19H23N3O6. The average Bonchev–Trinajstić information content (AvgIpc) is 2.70. The van der Waals surface area contributed by atoms with Crippen LogP contribution in [-0.4, -0.2) is 56.8 Å². The predicted octanol–water partition coefficient (Wildman–Crippen LogP) is 1.12. The van der Waals surface area contributed by atoms with E-state index in [1.54, 1.807) is 18.3 Å². The Hall–Kier alpha value is -2.65. The van der Waals surface area contributed by atoms with Gasteiger partial charge in [0.05, 0.1) is 48.6 Å². The van der Waals surface area contributed by atoms with E-state index in [0.717, 1.165) is 0 Å². The molecule has 2 saturated heterocycles. The summed E-state index contributed by atoms with van der Waals surface area (Å²) in [4.78, 5) is 27.8. The molecule has 3 aliphatic rings. The second-order valence-electron chi connectivity index (χ2n) is 7.64. The summed E-state index contributed by atoms with van der Waals surface area (Å²) in [5.74, 6) is 0.524. The fourth-order valence-corrected chi connectivity index (χ4v) is 4.33. The first kappa shape index (κ1) is 18.7. The van der Waals surface area contributed by atoms with E-state index >= 15 is 0 Å². The first-order valence-corrected chi connectivity index (χ1v) is 9.23. The van der Waals surface area contributed by atoms with E-state index < -0.39 is 23.3 Å². The molecule has 1 unspecified atom stereocenters. The first-order chi connectivity index (χ1) is 13.4. The third-order valence-corrected chi connectivity index (χ3v) is 6.07. The van der Waals surface area contributed by atoms with Gasteiger partial charge in [0.1, 0.15) is 11.9 Å². The maximum atomic E-state index is 12.5. The monoisotopic (exact) mass is 389 g/mol. The van der Waals surface area contributed by atoms with Crippen LogP contribution in [0.25, 0.3) is 11.0 Å². The number of amides is 1. The smallest absolute Gasteiger partial charge is 0.405 e. The summed E-state index contributed by atoms with van der Waals surface area (Å²) in [6, 6.07) is 4.79. The zero-order chi connectivity index (χ0) is 19.9. The van der Waals surface area contributed by atoms with Crippen LogP contribution in [0.15, 0.2) is 29.2 Å². The average molecular weight is 389 g/mol. The van der Waals surface area contributed by atoms with Gasteiger partial charge in [-0.2, -0.15) is 0 Å². The van der Waals surface area contributed by atoms with Crippen LogP contribution in [0.1, 0.15) is 25.7 Å². The van der Waals surface area contributed by atoms with Crippen LogP contribution in [0.4, 0.5) is 4.79 Å². The number of carboxylic acid groups (broad SMARTS) is 1. The van der Waals surface area contributed by atoms with Gasteiger partial charge in [0.15, 0.2) is 0 Å². The number of aliphatic hydroxyl groups excluding tert-OH is 1. The van der Waals surface area contributed by atoms with Crippen molar-refractivity contribution in [3.8, 4) is 5.75 Å². The van der Waals surface area contributed by atoms with E-state index in [1.165, 1.54) is 17.7 Å². The third-order valence-electron chi connectivity index (χ3n) is 6.07. The van der Waals surface area contributed by atoms with Gasteiger partial charge in [-0.25, -0.2) is 4.79 Å². The summed E-state index contributed by atoms with van der Waals surface area (Å²) in [7, 11) is 1.53. The topological polar surface area (TPSA) is 123 Å². The van der Waals surface area contributed by atoms with E-state index in [-0.39, 0.29) is 18.7 Å². The van der Waals surface area contributed by atoms with Crippen molar-refractivity contribution in [2.24, 2.45) is 0 Å². The molecule has 150 valence electrons. The number of hydrogen-bond acceptors (Lipinski definition) is 6. The van der Waals surface area contributed by atoms with Crippen LogP contribution in [0.5, 0.6) is 5.75 Å². The maximum Gasteiger partial charge on any atom is 0.405 e. The van der Waals surface area contributed by atoms with Gasteiger partial charge in [-0.05, 0) is 31.7 Å². The van der Waals surface area contributed by atoms with Gasteiger partial charge in [0.2, 0.25) is 0 Å². The minimum atomic E-state index is -1.07. The fourth-order valence-electron chi connectivity index (χ4n) is 4.33. The number of carbonyl (C=O) groups is 1. The molecule has 4 heterocycles. The molecule has 2 aliphatic heterocycles. The van der Waals surface area contributed by atoms with Crippen molar-refractivity contribution in [2.75, 3.05) is 13.7 Å². The van der Waals surface area contributed by atoms with Crippen LogP contribution >= 0.6 is 0 Å². The van der Waals surface area contributed by atoms with Crippen LogP contribution in [0.3, 0.4) is 0 Å². The van der Waals surface area contributed by atoms with Gasteiger partial charge in [-0.1, -0.05) is 0 Å². The van der Waals surface area contributed by atoms with E-state index in [1.807, 2.05) is 0 Å². The molecule has 1 amide bonds. The zero-order valence-electron chi connectivity index (χ0n) is 15.6. The van der Waals surface area contributed by atoms with Crippen LogP contribution in [-0.2, 0) is 11.3 Å². The molecule has 2 aromatic heterocycles. The molecule has 1 atom stereocenters. The Morgan fingerprint density at radius 2 is 2.14 bits per heavy atom. The number of nitrogens with one attached hydrogen (secondary N) is 1. The van der Waals surface area contributed by atoms with Crippen LogP contribution < -0.4 is 15.6 Å². The SMILES string of the molecule is COc1cnc2ccc(=O)n(CC(O)C34CCC(NC(=O)O)(CC3)CO4)c2c1. The lowest BCUT2D eigenvalue weighted by atomic mass is 9.69. The summed E-state index contributed by atoms with van der Waals surface area (Å²) < 4.78 is 12.7. The van der Waals surface area contributed by atoms with Gasteiger partial charge in [0, 0.05) is 12.1 Å². The number of methoxy groups -OCH3 is 1. The molecule has 0 radical (unpaired) electrons. The number of pyridine rings is 2. The number of ether oxygens (including phenoxy) is 2. The first-order valence-electron chi connectivity index (χ1n) is 9.23. The largest absolute Gasteiger partial charge is 0.495 e. The number of fused-ring (bicyclic) bond motifs is 4. The van der Waals surface area contributed by atoms with Crippen molar-refractivity contribution in [1.29, 1.82) is 0 Å². The van der Waals surface area contributed by atoms with Gasteiger partial charge in [-0.3, -0.25) is 9.78 Å². The van der Waals surface area contributed by atoms with Crippen LogP contribution in [0, 0.1) is 0 Å². The molecule has 9 heteroatoms. The van der Waals surface area contributed by atoms with Gasteiger partial charge in [-0.15, -0.1) is 0 Å². The Morgan fingerprint density at radius 1 is 1.39 bits per heavy atom. The van der Waals surface area contributed by atoms with Crippen molar-refractivity contribution in [3.63, 3.8) is 0 Å². The molecule has 2 aromatic rings. The minimum absolute atomic E-state index is 0.0599. The molecule has 1 aliphatic carbocycles. The lowest BCUT2D eigenvalue weighted by Crippen LogP contribution is -2.66. The van der Waals surface area contributed by atoms with Crippen LogP contribution in [0.2, 0.25) is 0 Å². The number of nitrogens with zero attached hydrogens (tertiary/aromatic N) is 2. The quantitative estimate of drug-likeness (QED) is 0.700. The van der Waals surface area contributed by atoms with Gasteiger partial charge in [0.25, 0.3) is 5.56 Å². The third kappa shape index (κ3) is 3.10. The van der Waals surface area contributed by atoms with Gasteiger partial charge < -0.3 is 29.6 Å².